The summed E-state index contributed by atoms with van der Waals surface area (Å²) in [7, 11) is 0. The molecule has 0 spiro atoms. The molecule has 1 aromatic rings. The van der Waals surface area contributed by atoms with E-state index >= 15 is 0 Å². The van der Waals surface area contributed by atoms with Crippen LogP contribution in [0, 0.1) is 0 Å². The van der Waals surface area contributed by atoms with Crippen LogP contribution < -0.4 is 9.47 Å². The molecule has 0 N–H and O–H groups in total. The number of alkyl halides is 1. The zero-order valence-corrected chi connectivity index (χ0v) is 13.7. The predicted octanol–water partition coefficient (Wildman–Crippen LogP) is 5.25. The molecule has 110 valence electrons. The predicted molar refractivity (Wildman–Crippen MR) is 86.9 cm³/mol. The Labute approximate surface area is 130 Å². The molecule has 1 heterocycles. The van der Waals surface area contributed by atoms with Gasteiger partial charge in [-0.15, -0.1) is 0 Å². The minimum absolute atomic E-state index is 0.352. The molecule has 1 aliphatic heterocycles. The van der Waals surface area contributed by atoms with Crippen molar-refractivity contribution in [2.75, 3.05) is 12.1 Å². The number of aryl methyl sites for hydroxylation is 1. The number of fused-ring (bicyclic) bond motifs is 1. The lowest BCUT2D eigenvalue weighted by atomic mass is 10.0. The fourth-order valence-corrected chi connectivity index (χ4v) is 2.90. The number of allylic oxidation sites excluding steroid dienone is 2. The summed E-state index contributed by atoms with van der Waals surface area (Å²) in [6, 6.07) is 6.25. The summed E-state index contributed by atoms with van der Waals surface area (Å²) in [6.07, 6.45) is 9.55. The van der Waals surface area contributed by atoms with E-state index in [1.54, 1.807) is 5.57 Å². The quantitative estimate of drug-likeness (QED) is 0.476. The van der Waals surface area contributed by atoms with Crippen molar-refractivity contribution in [3.05, 3.63) is 35.4 Å². The van der Waals surface area contributed by atoms with Crippen molar-refractivity contribution in [2.45, 2.75) is 45.4 Å². The largest absolute Gasteiger partial charge is 0.454 e. The van der Waals surface area contributed by atoms with Crippen molar-refractivity contribution < 1.29 is 9.47 Å². The van der Waals surface area contributed by atoms with E-state index in [0.29, 0.717) is 6.79 Å². The van der Waals surface area contributed by atoms with E-state index in [9.17, 15) is 0 Å². The number of hydrogen-bond acceptors (Lipinski definition) is 2. The molecule has 0 amide bonds. The van der Waals surface area contributed by atoms with E-state index in [2.05, 4.69) is 41.1 Å². The summed E-state index contributed by atoms with van der Waals surface area (Å²) in [5.74, 6) is 1.75. The number of hydrogen-bond donors (Lipinski definition) is 0. The van der Waals surface area contributed by atoms with Crippen LogP contribution >= 0.6 is 15.9 Å². The molecule has 0 fully saturated rings. The van der Waals surface area contributed by atoms with Gasteiger partial charge in [0.1, 0.15) is 0 Å². The van der Waals surface area contributed by atoms with Crippen LogP contribution in [0.4, 0.5) is 0 Å². The lowest BCUT2D eigenvalue weighted by Gasteiger charge is -2.06. The summed E-state index contributed by atoms with van der Waals surface area (Å²) >= 11 is 3.54. The van der Waals surface area contributed by atoms with Gasteiger partial charge in [-0.2, -0.15) is 0 Å². The molecule has 2 nitrogen and oxygen atoms in total. The molecule has 0 bridgehead atoms. The Kier molecular flexibility index (Phi) is 6.44. The molecule has 0 aliphatic carbocycles. The summed E-state index contributed by atoms with van der Waals surface area (Å²) in [5.41, 5.74) is 2.91. The first kappa shape index (κ1) is 15.4. The normalized spacial score (nSPS) is 13.8. The van der Waals surface area contributed by atoms with Crippen molar-refractivity contribution in [3.63, 3.8) is 0 Å². The Morgan fingerprint density at radius 2 is 2.10 bits per heavy atom. The highest BCUT2D eigenvalue weighted by molar-refractivity contribution is 9.09. The van der Waals surface area contributed by atoms with Crippen molar-refractivity contribution in [1.82, 2.24) is 0 Å². The molecule has 0 unspecified atom stereocenters. The maximum absolute atomic E-state index is 5.41. The SMILES string of the molecule is CCCCC(=CCCc1ccc2c(c1)OCO2)CCBr. The zero-order chi connectivity index (χ0) is 14.2. The van der Waals surface area contributed by atoms with E-state index in [0.717, 1.165) is 29.7 Å². The van der Waals surface area contributed by atoms with Crippen molar-refractivity contribution >= 4 is 15.9 Å². The molecule has 20 heavy (non-hydrogen) atoms. The number of ether oxygens (including phenoxy) is 2. The Hall–Kier alpha value is -0.960. The molecule has 0 radical (unpaired) electrons. The highest BCUT2D eigenvalue weighted by Gasteiger charge is 2.12. The molecule has 0 atom stereocenters. The fraction of sp³-hybridized carbons (Fsp3) is 0.529. The third kappa shape index (κ3) is 4.55. The van der Waals surface area contributed by atoms with E-state index in [1.807, 2.05) is 6.07 Å². The topological polar surface area (TPSA) is 18.5 Å². The third-order valence-corrected chi connectivity index (χ3v) is 3.97. The first-order valence-corrected chi connectivity index (χ1v) is 8.58. The molecule has 1 aromatic carbocycles. The second kappa shape index (κ2) is 8.35. The summed E-state index contributed by atoms with van der Waals surface area (Å²) in [4.78, 5) is 0. The standard InChI is InChI=1S/C17H23BrO2/c1-2-3-5-14(10-11-18)6-4-7-15-8-9-16-17(12-15)20-13-19-16/h6,8-9,12H,2-5,7,10-11,13H2,1H3. The first-order chi connectivity index (χ1) is 9.83. The molecule has 0 saturated carbocycles. The van der Waals surface area contributed by atoms with Crippen LogP contribution in [-0.2, 0) is 6.42 Å². The summed E-state index contributed by atoms with van der Waals surface area (Å²) < 4.78 is 10.7. The maximum atomic E-state index is 5.41. The Morgan fingerprint density at radius 3 is 2.90 bits per heavy atom. The Morgan fingerprint density at radius 1 is 1.25 bits per heavy atom. The number of benzene rings is 1. The highest BCUT2D eigenvalue weighted by atomic mass is 79.9. The van der Waals surface area contributed by atoms with Crippen LogP contribution in [0.15, 0.2) is 29.8 Å². The van der Waals surface area contributed by atoms with Gasteiger partial charge in [-0.1, -0.05) is 47.0 Å². The van der Waals surface area contributed by atoms with Gasteiger partial charge >= 0.3 is 0 Å². The molecule has 1 aliphatic rings. The van der Waals surface area contributed by atoms with Gasteiger partial charge in [-0.3, -0.25) is 0 Å². The van der Waals surface area contributed by atoms with Gasteiger partial charge in [0, 0.05) is 5.33 Å². The maximum Gasteiger partial charge on any atom is 0.231 e. The molecule has 0 aromatic heterocycles. The van der Waals surface area contributed by atoms with E-state index in [4.69, 9.17) is 9.47 Å². The lowest BCUT2D eigenvalue weighted by Crippen LogP contribution is -1.93. The minimum Gasteiger partial charge on any atom is -0.454 e. The van der Waals surface area contributed by atoms with Gasteiger partial charge in [0.05, 0.1) is 0 Å². The highest BCUT2D eigenvalue weighted by Crippen LogP contribution is 2.32. The minimum atomic E-state index is 0.352. The van der Waals surface area contributed by atoms with Gasteiger partial charge in [0.15, 0.2) is 11.5 Å². The number of unbranched alkanes of at least 4 members (excludes halogenated alkanes) is 1. The second-order valence-electron chi connectivity index (χ2n) is 5.13. The van der Waals surface area contributed by atoms with Crippen LogP contribution in [0.2, 0.25) is 0 Å². The molecule has 3 heteroatoms. The van der Waals surface area contributed by atoms with Gasteiger partial charge in [-0.25, -0.2) is 0 Å². The average molecular weight is 339 g/mol. The Bertz CT molecular complexity index is 454. The van der Waals surface area contributed by atoms with Crippen LogP contribution in [0.5, 0.6) is 11.5 Å². The van der Waals surface area contributed by atoms with E-state index in [1.165, 1.54) is 31.2 Å². The second-order valence-corrected chi connectivity index (χ2v) is 5.92. The van der Waals surface area contributed by atoms with Gasteiger partial charge in [0.2, 0.25) is 6.79 Å². The molecular weight excluding hydrogens is 316 g/mol. The van der Waals surface area contributed by atoms with Crippen molar-refractivity contribution in [1.29, 1.82) is 0 Å². The number of halogens is 1. The third-order valence-electron chi connectivity index (χ3n) is 3.57. The van der Waals surface area contributed by atoms with Gasteiger partial charge in [-0.05, 0) is 49.8 Å². The molecule has 2 rings (SSSR count). The summed E-state index contributed by atoms with van der Waals surface area (Å²) in [6.45, 7) is 2.60. The van der Waals surface area contributed by atoms with Crippen LogP contribution in [0.3, 0.4) is 0 Å². The zero-order valence-electron chi connectivity index (χ0n) is 12.2. The monoisotopic (exact) mass is 338 g/mol. The molecule has 0 saturated heterocycles. The van der Waals surface area contributed by atoms with Crippen LogP contribution in [-0.4, -0.2) is 12.1 Å². The summed E-state index contributed by atoms with van der Waals surface area (Å²) in [5, 5.41) is 1.06. The van der Waals surface area contributed by atoms with Crippen LogP contribution in [0.25, 0.3) is 0 Å². The van der Waals surface area contributed by atoms with Crippen LogP contribution in [0.1, 0.15) is 44.6 Å². The fourth-order valence-electron chi connectivity index (χ4n) is 2.39. The van der Waals surface area contributed by atoms with Crippen molar-refractivity contribution in [2.24, 2.45) is 0 Å². The van der Waals surface area contributed by atoms with Crippen molar-refractivity contribution in [3.8, 4) is 11.5 Å². The number of rotatable bonds is 8. The van der Waals surface area contributed by atoms with Gasteiger partial charge < -0.3 is 9.47 Å². The first-order valence-electron chi connectivity index (χ1n) is 7.46. The van der Waals surface area contributed by atoms with E-state index < -0.39 is 0 Å². The van der Waals surface area contributed by atoms with E-state index in [-0.39, 0.29) is 0 Å². The average Bonchev–Trinajstić information content (AvgIpc) is 2.92. The van der Waals surface area contributed by atoms with Gasteiger partial charge in [0.25, 0.3) is 0 Å². The molecular formula is C17H23BrO2. The lowest BCUT2D eigenvalue weighted by molar-refractivity contribution is 0.174. The Balaban J connectivity index is 1.86. The smallest absolute Gasteiger partial charge is 0.231 e.